The molecular weight excluding hydrogens is 240 g/mol. The highest BCUT2D eigenvalue weighted by Gasteiger charge is 2.27. The van der Waals surface area contributed by atoms with E-state index in [2.05, 4.69) is 21.1 Å². The molecule has 1 fully saturated rings. The first-order valence-electron chi connectivity index (χ1n) is 6.48. The lowest BCUT2D eigenvalue weighted by Crippen LogP contribution is -1.99. The van der Waals surface area contributed by atoms with Crippen molar-refractivity contribution in [3.05, 3.63) is 40.4 Å². The molecule has 1 saturated carbocycles. The van der Waals surface area contributed by atoms with Gasteiger partial charge in [0.25, 0.3) is 0 Å². The monoisotopic (exact) mass is 254 g/mol. The Hall–Kier alpha value is -2.30. The van der Waals surface area contributed by atoms with Crippen molar-refractivity contribution in [3.8, 4) is 11.3 Å². The van der Waals surface area contributed by atoms with Crippen molar-refractivity contribution >= 4 is 11.0 Å². The predicted octanol–water partition coefficient (Wildman–Crippen LogP) is 2.13. The quantitative estimate of drug-likeness (QED) is 0.735. The van der Waals surface area contributed by atoms with Gasteiger partial charge < -0.3 is 9.97 Å². The van der Waals surface area contributed by atoms with Crippen molar-refractivity contribution in [3.63, 3.8) is 0 Å². The van der Waals surface area contributed by atoms with Gasteiger partial charge >= 0.3 is 5.69 Å². The molecule has 2 heterocycles. The van der Waals surface area contributed by atoms with Gasteiger partial charge in [-0.25, -0.2) is 4.79 Å². The summed E-state index contributed by atoms with van der Waals surface area (Å²) >= 11 is 0. The van der Waals surface area contributed by atoms with Gasteiger partial charge in [0, 0.05) is 18.5 Å². The Bertz CT molecular complexity index is 819. The minimum absolute atomic E-state index is 0.174. The smallest absolute Gasteiger partial charge is 0.306 e. The summed E-state index contributed by atoms with van der Waals surface area (Å²) in [7, 11) is 1.95. The van der Waals surface area contributed by atoms with Crippen LogP contribution < -0.4 is 5.69 Å². The van der Waals surface area contributed by atoms with Gasteiger partial charge in [0.15, 0.2) is 0 Å². The maximum absolute atomic E-state index is 11.4. The highest BCUT2D eigenvalue weighted by atomic mass is 16.1. The molecule has 5 heteroatoms. The van der Waals surface area contributed by atoms with E-state index in [1.807, 2.05) is 29.9 Å². The first kappa shape index (κ1) is 10.6. The van der Waals surface area contributed by atoms with Crippen LogP contribution in [0.25, 0.3) is 22.3 Å². The Morgan fingerprint density at radius 1 is 1.32 bits per heavy atom. The van der Waals surface area contributed by atoms with Gasteiger partial charge in [-0.05, 0) is 25.0 Å². The second kappa shape index (κ2) is 3.60. The third-order valence-electron chi connectivity index (χ3n) is 3.72. The summed E-state index contributed by atoms with van der Waals surface area (Å²) in [5.41, 5.74) is 4.72. The number of aromatic nitrogens is 4. The Balaban J connectivity index is 1.96. The fraction of sp³-hybridized carbons (Fsp3) is 0.286. The van der Waals surface area contributed by atoms with Gasteiger partial charge in [0.05, 0.1) is 22.4 Å². The number of para-hydroxylation sites is 1. The second-order valence-electron chi connectivity index (χ2n) is 5.16. The molecule has 0 bridgehead atoms. The summed E-state index contributed by atoms with van der Waals surface area (Å²) < 4.78 is 1.90. The van der Waals surface area contributed by atoms with E-state index < -0.39 is 0 Å². The van der Waals surface area contributed by atoms with Crippen LogP contribution in [-0.2, 0) is 7.05 Å². The number of hydrogen-bond donors (Lipinski definition) is 2. The molecule has 1 aliphatic rings. The lowest BCUT2D eigenvalue weighted by molar-refractivity contribution is 0.751. The Morgan fingerprint density at radius 2 is 2.16 bits per heavy atom. The molecule has 3 aromatic rings. The van der Waals surface area contributed by atoms with Crippen molar-refractivity contribution in [1.82, 2.24) is 19.7 Å². The van der Waals surface area contributed by atoms with Gasteiger partial charge in [-0.1, -0.05) is 12.1 Å². The molecule has 1 aliphatic carbocycles. The molecule has 2 N–H and O–H groups in total. The first-order valence-corrected chi connectivity index (χ1v) is 6.48. The van der Waals surface area contributed by atoms with E-state index in [1.54, 1.807) is 0 Å². The van der Waals surface area contributed by atoms with Crippen LogP contribution in [-0.4, -0.2) is 19.7 Å². The normalized spacial score (nSPS) is 15.2. The fourth-order valence-electron chi connectivity index (χ4n) is 2.59. The number of imidazole rings is 1. The van der Waals surface area contributed by atoms with Crippen molar-refractivity contribution in [1.29, 1.82) is 0 Å². The van der Waals surface area contributed by atoms with Crippen molar-refractivity contribution < 1.29 is 0 Å². The predicted molar refractivity (Wildman–Crippen MR) is 73.1 cm³/mol. The molecule has 0 unspecified atom stereocenters. The third kappa shape index (κ3) is 1.62. The number of hydrogen-bond acceptors (Lipinski definition) is 2. The van der Waals surface area contributed by atoms with E-state index in [1.165, 1.54) is 12.8 Å². The molecule has 2 aromatic heterocycles. The van der Waals surface area contributed by atoms with Gasteiger partial charge in [-0.15, -0.1) is 0 Å². The van der Waals surface area contributed by atoms with E-state index >= 15 is 0 Å². The van der Waals surface area contributed by atoms with E-state index in [0.717, 1.165) is 28.0 Å². The van der Waals surface area contributed by atoms with E-state index in [9.17, 15) is 4.79 Å². The SMILES string of the molecule is Cn1nc(C2CC2)cc1-c1cccc2[nH]c(=O)[nH]c12. The molecular formula is C14H14N4O. The minimum atomic E-state index is -0.174. The van der Waals surface area contributed by atoms with Gasteiger partial charge in [0.2, 0.25) is 0 Å². The van der Waals surface area contributed by atoms with E-state index in [0.29, 0.717) is 5.92 Å². The molecule has 0 saturated heterocycles. The molecule has 0 radical (unpaired) electrons. The number of benzene rings is 1. The van der Waals surface area contributed by atoms with Gasteiger partial charge in [-0.3, -0.25) is 4.68 Å². The van der Waals surface area contributed by atoms with Crippen molar-refractivity contribution in [2.75, 3.05) is 0 Å². The van der Waals surface area contributed by atoms with Crippen LogP contribution >= 0.6 is 0 Å². The van der Waals surface area contributed by atoms with E-state index in [-0.39, 0.29) is 5.69 Å². The number of fused-ring (bicyclic) bond motifs is 1. The van der Waals surface area contributed by atoms with Crippen molar-refractivity contribution in [2.45, 2.75) is 18.8 Å². The summed E-state index contributed by atoms with van der Waals surface area (Å²) in [6, 6.07) is 8.00. The standard InChI is InChI=1S/C14H14N4O/c1-18-12(7-11(17-18)8-5-6-8)9-3-2-4-10-13(9)16-14(19)15-10/h2-4,7-8H,5-6H2,1H3,(H2,15,16,19). The Morgan fingerprint density at radius 3 is 2.95 bits per heavy atom. The van der Waals surface area contributed by atoms with Crippen LogP contribution in [0.5, 0.6) is 0 Å². The van der Waals surface area contributed by atoms with Crippen molar-refractivity contribution in [2.24, 2.45) is 7.05 Å². The number of aryl methyl sites for hydroxylation is 1. The zero-order valence-corrected chi connectivity index (χ0v) is 10.6. The van der Waals surface area contributed by atoms with E-state index in [4.69, 9.17) is 0 Å². The summed E-state index contributed by atoms with van der Waals surface area (Å²) in [5, 5.41) is 4.58. The number of H-pyrrole nitrogens is 2. The highest BCUT2D eigenvalue weighted by Crippen LogP contribution is 2.40. The second-order valence-corrected chi connectivity index (χ2v) is 5.16. The molecule has 0 aliphatic heterocycles. The zero-order chi connectivity index (χ0) is 13.0. The summed E-state index contributed by atoms with van der Waals surface area (Å²) in [5.74, 6) is 0.629. The zero-order valence-electron chi connectivity index (χ0n) is 10.6. The molecule has 0 atom stereocenters. The minimum Gasteiger partial charge on any atom is -0.306 e. The molecule has 0 amide bonds. The van der Waals surface area contributed by atoms with Gasteiger partial charge in [0.1, 0.15) is 0 Å². The highest BCUT2D eigenvalue weighted by molar-refractivity contribution is 5.90. The van der Waals surface area contributed by atoms with Gasteiger partial charge in [-0.2, -0.15) is 5.10 Å². The molecule has 5 nitrogen and oxygen atoms in total. The Labute approximate surface area is 109 Å². The lowest BCUT2D eigenvalue weighted by Gasteiger charge is -2.02. The fourth-order valence-corrected chi connectivity index (χ4v) is 2.59. The summed E-state index contributed by atoms with van der Waals surface area (Å²) in [4.78, 5) is 17.1. The molecule has 1 aromatic carbocycles. The average molecular weight is 254 g/mol. The average Bonchev–Trinajstić information content (AvgIpc) is 3.06. The molecule has 0 spiro atoms. The molecule has 4 rings (SSSR count). The topological polar surface area (TPSA) is 66.5 Å². The first-order chi connectivity index (χ1) is 9.22. The third-order valence-corrected chi connectivity index (χ3v) is 3.72. The Kier molecular flexibility index (Phi) is 2.01. The number of rotatable bonds is 2. The maximum atomic E-state index is 11.4. The largest absolute Gasteiger partial charge is 0.323 e. The van der Waals surface area contributed by atoms with Crippen LogP contribution in [0.4, 0.5) is 0 Å². The maximum Gasteiger partial charge on any atom is 0.323 e. The molecule has 19 heavy (non-hydrogen) atoms. The summed E-state index contributed by atoms with van der Waals surface area (Å²) in [6.45, 7) is 0. The van der Waals surface area contributed by atoms with Crippen LogP contribution in [0.3, 0.4) is 0 Å². The van der Waals surface area contributed by atoms with Crippen LogP contribution in [0, 0.1) is 0 Å². The lowest BCUT2D eigenvalue weighted by atomic mass is 10.1. The number of nitrogens with zero attached hydrogens (tertiary/aromatic N) is 2. The summed E-state index contributed by atoms with van der Waals surface area (Å²) in [6.07, 6.45) is 2.48. The number of nitrogens with one attached hydrogen (secondary N) is 2. The number of aromatic amines is 2. The van der Waals surface area contributed by atoms with Crippen LogP contribution in [0.1, 0.15) is 24.5 Å². The van der Waals surface area contributed by atoms with Crippen LogP contribution in [0.2, 0.25) is 0 Å². The van der Waals surface area contributed by atoms with Crippen LogP contribution in [0.15, 0.2) is 29.1 Å². The molecule has 96 valence electrons.